The highest BCUT2D eigenvalue weighted by molar-refractivity contribution is 7.92. The van der Waals surface area contributed by atoms with E-state index in [9.17, 15) is 13.2 Å². The molecule has 26 heavy (non-hydrogen) atoms. The molecule has 0 aliphatic heterocycles. The van der Waals surface area contributed by atoms with E-state index in [1.165, 1.54) is 12.1 Å². The van der Waals surface area contributed by atoms with Gasteiger partial charge in [0.25, 0.3) is 10.0 Å². The second kappa shape index (κ2) is 8.07. The molecule has 2 aromatic carbocycles. The molecule has 0 aromatic heterocycles. The van der Waals surface area contributed by atoms with Crippen LogP contribution in [0.4, 0.5) is 11.4 Å². The van der Waals surface area contributed by atoms with Crippen LogP contribution in [0.1, 0.15) is 19.4 Å². The second-order valence-corrected chi connectivity index (χ2v) is 8.44. The highest BCUT2D eigenvalue weighted by Gasteiger charge is 2.20. The molecule has 0 aliphatic carbocycles. The molecule has 8 heteroatoms. The first kappa shape index (κ1) is 20.2. The molecule has 0 bridgehead atoms. The van der Waals surface area contributed by atoms with Crippen molar-refractivity contribution in [1.29, 1.82) is 0 Å². The predicted octanol–water partition coefficient (Wildman–Crippen LogP) is 3.37. The molecule has 0 aliphatic rings. The van der Waals surface area contributed by atoms with Crippen molar-refractivity contribution in [3.8, 4) is 0 Å². The molecule has 0 spiro atoms. The van der Waals surface area contributed by atoms with E-state index in [4.69, 9.17) is 17.3 Å². The monoisotopic (exact) mass is 395 g/mol. The number of nitrogens with two attached hydrogens (primary N) is 1. The van der Waals surface area contributed by atoms with Crippen LogP contribution in [0.5, 0.6) is 0 Å². The molecular formula is C18H22ClN3O3S. The molecule has 0 saturated carbocycles. The minimum Gasteiger partial charge on any atom is -0.325 e. The van der Waals surface area contributed by atoms with Crippen LogP contribution < -0.4 is 15.8 Å². The minimum atomic E-state index is -3.85. The fourth-order valence-electron chi connectivity index (χ4n) is 2.26. The van der Waals surface area contributed by atoms with E-state index in [1.54, 1.807) is 37.3 Å². The molecule has 4 N–H and O–H groups in total. The molecule has 0 heterocycles. The lowest BCUT2D eigenvalue weighted by molar-refractivity contribution is -0.118. The van der Waals surface area contributed by atoms with Crippen molar-refractivity contribution in [3.05, 3.63) is 53.1 Å². The molecule has 1 atom stereocenters. The Hall–Kier alpha value is -2.09. The number of aryl methyl sites for hydroxylation is 1. The molecule has 0 fully saturated rings. The topological polar surface area (TPSA) is 101 Å². The van der Waals surface area contributed by atoms with Crippen molar-refractivity contribution < 1.29 is 13.2 Å². The van der Waals surface area contributed by atoms with Gasteiger partial charge in [0.05, 0.1) is 16.6 Å². The van der Waals surface area contributed by atoms with Gasteiger partial charge in [-0.05, 0) is 48.7 Å². The van der Waals surface area contributed by atoms with Gasteiger partial charge in [-0.2, -0.15) is 0 Å². The summed E-state index contributed by atoms with van der Waals surface area (Å²) in [5.74, 6) is -0.400. The summed E-state index contributed by atoms with van der Waals surface area (Å²) in [6, 6.07) is 10.4. The summed E-state index contributed by atoms with van der Waals surface area (Å²) in [5, 5.41) is 3.08. The van der Waals surface area contributed by atoms with Gasteiger partial charge < -0.3 is 11.1 Å². The minimum absolute atomic E-state index is 0.0341. The Morgan fingerprint density at radius 1 is 1.12 bits per heavy atom. The average Bonchev–Trinajstić information content (AvgIpc) is 2.55. The lowest BCUT2D eigenvalue weighted by atomic mass is 10.0. The van der Waals surface area contributed by atoms with Crippen molar-refractivity contribution in [2.45, 2.75) is 31.7 Å². The van der Waals surface area contributed by atoms with Crippen molar-refractivity contribution in [1.82, 2.24) is 0 Å². The Morgan fingerprint density at radius 3 is 2.42 bits per heavy atom. The molecule has 0 unspecified atom stereocenters. The summed E-state index contributed by atoms with van der Waals surface area (Å²) in [7, 11) is -3.85. The maximum Gasteiger partial charge on any atom is 0.262 e. The summed E-state index contributed by atoms with van der Waals surface area (Å²) in [4.78, 5) is 12.2. The zero-order valence-corrected chi connectivity index (χ0v) is 16.4. The summed E-state index contributed by atoms with van der Waals surface area (Å²) in [6.07, 6.45) is 0. The lowest BCUT2D eigenvalue weighted by Crippen LogP contribution is -2.39. The first-order valence-corrected chi connectivity index (χ1v) is 9.92. The van der Waals surface area contributed by atoms with Crippen molar-refractivity contribution >= 4 is 38.9 Å². The van der Waals surface area contributed by atoms with Crippen LogP contribution in [0.3, 0.4) is 0 Å². The molecule has 6 nitrogen and oxygen atoms in total. The number of halogens is 1. The number of benzene rings is 2. The van der Waals surface area contributed by atoms with Gasteiger partial charge in [-0.1, -0.05) is 37.6 Å². The number of carbonyl (C=O) groups excluding carboxylic acids is 1. The van der Waals surface area contributed by atoms with E-state index in [0.29, 0.717) is 22.0 Å². The third kappa shape index (κ3) is 4.97. The van der Waals surface area contributed by atoms with Crippen LogP contribution in [0.2, 0.25) is 5.02 Å². The van der Waals surface area contributed by atoms with Gasteiger partial charge in [0.1, 0.15) is 0 Å². The summed E-state index contributed by atoms with van der Waals surface area (Å²) in [5.41, 5.74) is 7.09. The van der Waals surface area contributed by atoms with Crippen molar-refractivity contribution in [3.63, 3.8) is 0 Å². The van der Waals surface area contributed by atoms with Gasteiger partial charge in [-0.25, -0.2) is 8.42 Å². The largest absolute Gasteiger partial charge is 0.325 e. The summed E-state index contributed by atoms with van der Waals surface area (Å²) < 4.78 is 27.9. The zero-order valence-electron chi connectivity index (χ0n) is 14.8. The van der Waals surface area contributed by atoms with Crippen molar-refractivity contribution in [2.75, 3.05) is 10.0 Å². The lowest BCUT2D eigenvalue weighted by Gasteiger charge is -2.17. The quantitative estimate of drug-likeness (QED) is 0.697. The average molecular weight is 396 g/mol. The fraction of sp³-hybridized carbons (Fsp3) is 0.278. The first-order chi connectivity index (χ1) is 12.1. The van der Waals surface area contributed by atoms with E-state index in [0.717, 1.165) is 0 Å². The Morgan fingerprint density at radius 2 is 1.81 bits per heavy atom. The van der Waals surface area contributed by atoms with Crippen LogP contribution in [-0.4, -0.2) is 20.4 Å². The van der Waals surface area contributed by atoms with Crippen LogP contribution >= 0.6 is 11.6 Å². The number of hydrogen-bond acceptors (Lipinski definition) is 4. The van der Waals surface area contributed by atoms with Gasteiger partial charge in [0.15, 0.2) is 0 Å². The van der Waals surface area contributed by atoms with E-state index in [2.05, 4.69) is 10.0 Å². The van der Waals surface area contributed by atoms with Gasteiger partial charge >= 0.3 is 0 Å². The summed E-state index contributed by atoms with van der Waals surface area (Å²) >= 11 is 5.89. The predicted molar refractivity (Wildman–Crippen MR) is 105 cm³/mol. The second-order valence-electron chi connectivity index (χ2n) is 6.36. The fourth-order valence-corrected chi connectivity index (χ4v) is 3.77. The number of anilines is 2. The van der Waals surface area contributed by atoms with E-state index >= 15 is 0 Å². The third-order valence-electron chi connectivity index (χ3n) is 3.84. The molecular weight excluding hydrogens is 374 g/mol. The number of rotatable bonds is 6. The Bertz CT molecular complexity index is 914. The standard InChI is InChI=1S/C18H22ClN3O3S/c1-11(2)17(20)18(23)21-14-8-7-12(3)16(10-14)26(24,25)22-15-6-4-5-13(19)9-15/h4-11,17,22H,20H2,1-3H3,(H,21,23)/t17-/m0/s1. The smallest absolute Gasteiger partial charge is 0.262 e. The molecule has 1 amide bonds. The van der Waals surface area contributed by atoms with Crippen LogP contribution in [0, 0.1) is 12.8 Å². The van der Waals surface area contributed by atoms with Crippen LogP contribution in [0.15, 0.2) is 47.4 Å². The van der Waals surface area contributed by atoms with Gasteiger partial charge in [-0.15, -0.1) is 0 Å². The number of nitrogens with one attached hydrogen (secondary N) is 2. The van der Waals surface area contributed by atoms with Crippen molar-refractivity contribution in [2.24, 2.45) is 11.7 Å². The zero-order chi connectivity index (χ0) is 19.5. The Kier molecular flexibility index (Phi) is 6.28. The molecule has 2 rings (SSSR count). The van der Waals surface area contributed by atoms with E-state index < -0.39 is 16.1 Å². The number of sulfonamides is 1. The Balaban J connectivity index is 2.29. The number of amides is 1. The maximum absolute atomic E-state index is 12.7. The van der Waals surface area contributed by atoms with Crippen LogP contribution in [0.25, 0.3) is 0 Å². The highest BCUT2D eigenvalue weighted by Crippen LogP contribution is 2.24. The van der Waals surface area contributed by atoms with Gasteiger partial charge in [0, 0.05) is 10.7 Å². The molecule has 2 aromatic rings. The molecule has 0 saturated heterocycles. The van der Waals surface area contributed by atoms with E-state index in [1.807, 2.05) is 13.8 Å². The van der Waals surface area contributed by atoms with Crippen LogP contribution in [-0.2, 0) is 14.8 Å². The SMILES string of the molecule is Cc1ccc(NC(=O)[C@@H](N)C(C)C)cc1S(=O)(=O)Nc1cccc(Cl)c1. The highest BCUT2D eigenvalue weighted by atomic mass is 35.5. The Labute approximate surface area is 158 Å². The van der Waals surface area contributed by atoms with Gasteiger partial charge in [-0.3, -0.25) is 9.52 Å². The molecule has 0 radical (unpaired) electrons. The third-order valence-corrected chi connectivity index (χ3v) is 5.60. The van der Waals surface area contributed by atoms with Gasteiger partial charge in [0.2, 0.25) is 5.91 Å². The van der Waals surface area contributed by atoms with E-state index in [-0.39, 0.29) is 16.7 Å². The first-order valence-electron chi connectivity index (χ1n) is 8.05. The number of hydrogen-bond donors (Lipinski definition) is 3. The number of carbonyl (C=O) groups is 1. The molecule has 140 valence electrons. The summed E-state index contributed by atoms with van der Waals surface area (Å²) in [6.45, 7) is 5.35. The maximum atomic E-state index is 12.7. The normalized spacial score (nSPS) is 12.7.